The van der Waals surface area contributed by atoms with Crippen LogP contribution in [0.2, 0.25) is 5.02 Å². The molecule has 1 atom stereocenters. The van der Waals surface area contributed by atoms with Gasteiger partial charge in [-0.3, -0.25) is 4.79 Å². The molecule has 31 heavy (non-hydrogen) atoms. The zero-order valence-corrected chi connectivity index (χ0v) is 18.1. The Bertz CT molecular complexity index is 1120. The van der Waals surface area contributed by atoms with Gasteiger partial charge in [-0.2, -0.15) is 5.10 Å². The molecule has 0 radical (unpaired) electrons. The number of carbonyl (C=O) groups excluding carboxylic acids is 2. The highest BCUT2D eigenvalue weighted by Crippen LogP contribution is 2.33. The second kappa shape index (κ2) is 9.36. The third-order valence-corrected chi connectivity index (χ3v) is 5.69. The summed E-state index contributed by atoms with van der Waals surface area (Å²) >= 11 is 7.31. The highest BCUT2D eigenvalue weighted by atomic mass is 35.5. The van der Waals surface area contributed by atoms with Gasteiger partial charge in [0.25, 0.3) is 5.91 Å². The van der Waals surface area contributed by atoms with Gasteiger partial charge in [-0.05, 0) is 48.2 Å². The number of benzene rings is 1. The largest absolute Gasteiger partial charge is 0.467 e. The van der Waals surface area contributed by atoms with E-state index in [1.807, 2.05) is 18.4 Å². The molecule has 1 aliphatic rings. The maximum absolute atomic E-state index is 12.9. The maximum Gasteiger partial charge on any atom is 0.341 e. The summed E-state index contributed by atoms with van der Waals surface area (Å²) in [4.78, 5) is 29.5. The molecule has 0 spiro atoms. The SMILES string of the molecule is CSc1ncccc1C(=O)OCC(=O)N1N=C(c2ccc(Cl)cc2)C[C@H]1c1ccco1. The molecule has 1 aliphatic heterocycles. The van der Waals surface area contributed by atoms with Crippen LogP contribution in [0.3, 0.4) is 0 Å². The van der Waals surface area contributed by atoms with E-state index in [-0.39, 0.29) is 0 Å². The van der Waals surface area contributed by atoms with Crippen LogP contribution in [-0.2, 0) is 9.53 Å². The third-order valence-electron chi connectivity index (χ3n) is 4.73. The van der Waals surface area contributed by atoms with E-state index in [1.165, 1.54) is 16.8 Å². The number of pyridine rings is 1. The highest BCUT2D eigenvalue weighted by molar-refractivity contribution is 7.98. The van der Waals surface area contributed by atoms with Gasteiger partial charge in [-0.1, -0.05) is 23.7 Å². The molecule has 4 rings (SSSR count). The fraction of sp³-hybridized carbons (Fsp3) is 0.182. The molecule has 7 nitrogen and oxygen atoms in total. The lowest BCUT2D eigenvalue weighted by Gasteiger charge is -2.19. The number of nitrogens with zero attached hydrogens (tertiary/aromatic N) is 3. The number of hydrazone groups is 1. The lowest BCUT2D eigenvalue weighted by molar-refractivity contribution is -0.136. The number of thioether (sulfide) groups is 1. The smallest absolute Gasteiger partial charge is 0.341 e. The van der Waals surface area contributed by atoms with E-state index < -0.39 is 24.5 Å². The molecule has 3 heterocycles. The average Bonchev–Trinajstić information content (AvgIpc) is 3.47. The Kier molecular flexibility index (Phi) is 6.39. The number of rotatable bonds is 6. The summed E-state index contributed by atoms with van der Waals surface area (Å²) in [5.74, 6) is -0.459. The van der Waals surface area contributed by atoms with Crippen molar-refractivity contribution in [1.29, 1.82) is 0 Å². The Morgan fingerprint density at radius 2 is 2.03 bits per heavy atom. The number of furan rings is 1. The van der Waals surface area contributed by atoms with Crippen LogP contribution in [0.1, 0.15) is 34.1 Å². The van der Waals surface area contributed by atoms with E-state index in [9.17, 15) is 9.59 Å². The summed E-state index contributed by atoms with van der Waals surface area (Å²) in [6.45, 7) is -0.448. The number of aromatic nitrogens is 1. The maximum atomic E-state index is 12.9. The number of esters is 1. The molecule has 3 aromatic rings. The minimum atomic E-state index is -0.610. The summed E-state index contributed by atoms with van der Waals surface area (Å²) in [5.41, 5.74) is 1.89. The first-order valence-corrected chi connectivity index (χ1v) is 11.0. The first kappa shape index (κ1) is 21.1. The molecule has 158 valence electrons. The van der Waals surface area contributed by atoms with Crippen molar-refractivity contribution in [3.05, 3.63) is 82.9 Å². The van der Waals surface area contributed by atoms with Crippen LogP contribution in [0.5, 0.6) is 0 Å². The fourth-order valence-corrected chi connectivity index (χ4v) is 3.90. The normalized spacial score (nSPS) is 15.6. The van der Waals surface area contributed by atoms with Gasteiger partial charge in [-0.25, -0.2) is 14.8 Å². The van der Waals surface area contributed by atoms with Crippen LogP contribution in [0.25, 0.3) is 0 Å². The second-order valence-electron chi connectivity index (χ2n) is 6.66. The van der Waals surface area contributed by atoms with Crippen molar-refractivity contribution in [2.24, 2.45) is 5.10 Å². The van der Waals surface area contributed by atoms with Crippen molar-refractivity contribution in [2.75, 3.05) is 12.9 Å². The molecular formula is C22H18ClN3O4S. The minimum absolute atomic E-state index is 0.317. The number of amides is 1. The number of hydrogen-bond acceptors (Lipinski definition) is 7. The topological polar surface area (TPSA) is 85.0 Å². The molecule has 1 amide bonds. The lowest BCUT2D eigenvalue weighted by Crippen LogP contribution is -2.31. The van der Waals surface area contributed by atoms with Gasteiger partial charge in [0.15, 0.2) is 6.61 Å². The molecule has 9 heteroatoms. The molecule has 0 fully saturated rings. The molecule has 0 aliphatic carbocycles. The van der Waals surface area contributed by atoms with Crippen LogP contribution in [-0.4, -0.2) is 40.4 Å². The number of hydrogen-bond donors (Lipinski definition) is 0. The van der Waals surface area contributed by atoms with Gasteiger partial charge < -0.3 is 9.15 Å². The number of carbonyl (C=O) groups is 2. The Balaban J connectivity index is 1.52. The van der Waals surface area contributed by atoms with E-state index in [2.05, 4.69) is 10.1 Å². The van der Waals surface area contributed by atoms with E-state index in [1.54, 1.807) is 48.9 Å². The van der Waals surface area contributed by atoms with Crippen LogP contribution in [0.15, 0.2) is 75.5 Å². The van der Waals surface area contributed by atoms with Gasteiger partial charge in [0.2, 0.25) is 0 Å². The van der Waals surface area contributed by atoms with Crippen LogP contribution in [0.4, 0.5) is 0 Å². The summed E-state index contributed by atoms with van der Waals surface area (Å²) in [5, 5.41) is 6.97. The average molecular weight is 456 g/mol. The molecule has 0 bridgehead atoms. The molecule has 0 N–H and O–H groups in total. The zero-order valence-electron chi connectivity index (χ0n) is 16.5. The Labute approximate surface area is 188 Å². The summed E-state index contributed by atoms with van der Waals surface area (Å²) in [6.07, 6.45) is 5.42. The van der Waals surface area contributed by atoms with Crippen LogP contribution < -0.4 is 0 Å². The molecule has 0 saturated heterocycles. The van der Waals surface area contributed by atoms with Crippen molar-refractivity contribution in [3.63, 3.8) is 0 Å². The van der Waals surface area contributed by atoms with Gasteiger partial charge in [0.1, 0.15) is 16.8 Å². The highest BCUT2D eigenvalue weighted by Gasteiger charge is 2.35. The van der Waals surface area contributed by atoms with Crippen molar-refractivity contribution < 1.29 is 18.7 Å². The Hall–Kier alpha value is -3.10. The van der Waals surface area contributed by atoms with Crippen molar-refractivity contribution >= 4 is 41.0 Å². The third kappa shape index (κ3) is 4.65. The van der Waals surface area contributed by atoms with E-state index >= 15 is 0 Å². The Morgan fingerprint density at radius 1 is 1.23 bits per heavy atom. The van der Waals surface area contributed by atoms with Gasteiger partial charge in [0.05, 0.1) is 17.5 Å². The summed E-state index contributed by atoms with van der Waals surface area (Å²) in [7, 11) is 0. The van der Waals surface area contributed by atoms with Crippen molar-refractivity contribution in [3.8, 4) is 0 Å². The number of halogens is 1. The molecular weight excluding hydrogens is 438 g/mol. The van der Waals surface area contributed by atoms with Gasteiger partial charge in [0, 0.05) is 17.6 Å². The van der Waals surface area contributed by atoms with E-state index in [0.29, 0.717) is 27.8 Å². The molecule has 1 aromatic carbocycles. The van der Waals surface area contributed by atoms with Gasteiger partial charge in [-0.15, -0.1) is 11.8 Å². The van der Waals surface area contributed by atoms with Crippen molar-refractivity contribution in [1.82, 2.24) is 9.99 Å². The standard InChI is InChI=1S/C22H18ClN3O4S/c1-31-21-16(4-2-10-24-21)22(28)30-13-20(27)26-18(19-5-3-11-29-19)12-17(25-26)14-6-8-15(23)9-7-14/h2-11,18H,12-13H2,1H3/t18-/m0/s1. The number of ether oxygens (including phenoxy) is 1. The summed E-state index contributed by atoms with van der Waals surface area (Å²) in [6, 6.07) is 13.6. The first-order chi connectivity index (χ1) is 15.1. The minimum Gasteiger partial charge on any atom is -0.467 e. The quantitative estimate of drug-likeness (QED) is 0.399. The molecule has 0 unspecified atom stereocenters. The lowest BCUT2D eigenvalue weighted by atomic mass is 10.0. The molecule has 0 saturated carbocycles. The summed E-state index contributed by atoms with van der Waals surface area (Å²) < 4.78 is 10.8. The predicted molar refractivity (Wildman–Crippen MR) is 117 cm³/mol. The Morgan fingerprint density at radius 3 is 2.74 bits per heavy atom. The first-order valence-electron chi connectivity index (χ1n) is 9.42. The van der Waals surface area contributed by atoms with Crippen molar-refractivity contribution in [2.45, 2.75) is 17.5 Å². The molecule has 2 aromatic heterocycles. The fourth-order valence-electron chi connectivity index (χ4n) is 3.24. The second-order valence-corrected chi connectivity index (χ2v) is 7.89. The van der Waals surface area contributed by atoms with Crippen LogP contribution in [0, 0.1) is 0 Å². The van der Waals surface area contributed by atoms with E-state index in [4.69, 9.17) is 20.8 Å². The zero-order chi connectivity index (χ0) is 21.8. The monoisotopic (exact) mass is 455 g/mol. The van der Waals surface area contributed by atoms with Crippen LogP contribution >= 0.6 is 23.4 Å². The van der Waals surface area contributed by atoms with E-state index in [0.717, 1.165) is 11.3 Å². The van der Waals surface area contributed by atoms with Gasteiger partial charge >= 0.3 is 5.97 Å². The predicted octanol–water partition coefficient (Wildman–Crippen LogP) is 4.58.